The van der Waals surface area contributed by atoms with Crippen molar-refractivity contribution >= 4 is 47.2 Å². The normalized spacial score (nSPS) is 10.7. The Morgan fingerprint density at radius 3 is 2.65 bits per heavy atom. The number of guanidine groups is 1. The summed E-state index contributed by atoms with van der Waals surface area (Å²) in [5, 5.41) is 6.12. The summed E-state index contributed by atoms with van der Waals surface area (Å²) in [4.78, 5) is 23.5. The Labute approximate surface area is 141 Å². The van der Waals surface area contributed by atoms with Gasteiger partial charge in [0.2, 0.25) is 5.91 Å². The summed E-state index contributed by atoms with van der Waals surface area (Å²) in [6.07, 6.45) is 2.68. The summed E-state index contributed by atoms with van der Waals surface area (Å²) in [5.41, 5.74) is 0. The second-order valence-corrected chi connectivity index (χ2v) is 5.27. The first-order valence-corrected chi connectivity index (χ1v) is 6.93. The van der Waals surface area contributed by atoms with Gasteiger partial charge in [-0.25, -0.2) is 4.98 Å². The highest BCUT2D eigenvalue weighted by Crippen LogP contribution is 2.05. The first-order chi connectivity index (χ1) is 9.04. The van der Waals surface area contributed by atoms with Gasteiger partial charge in [-0.15, -0.1) is 35.3 Å². The molecule has 0 radical (unpaired) electrons. The predicted molar refractivity (Wildman–Crippen MR) is 93.9 cm³/mol. The van der Waals surface area contributed by atoms with E-state index in [1.54, 1.807) is 37.4 Å². The number of likely N-dealkylation sites (N-methyl/N-ethyl adjacent to an activating group) is 2. The molecule has 0 aliphatic rings. The summed E-state index contributed by atoms with van der Waals surface area (Å²) in [7, 11) is 7.13. The van der Waals surface area contributed by atoms with Gasteiger partial charge < -0.3 is 15.1 Å². The van der Waals surface area contributed by atoms with Crippen molar-refractivity contribution in [2.24, 2.45) is 4.99 Å². The van der Waals surface area contributed by atoms with E-state index < -0.39 is 0 Å². The molecule has 0 aliphatic heterocycles. The number of carbonyl (C=O) groups is 1. The third-order valence-corrected chi connectivity index (χ3v) is 3.45. The minimum atomic E-state index is 0. The summed E-state index contributed by atoms with van der Waals surface area (Å²) in [5.74, 6) is 0.737. The Morgan fingerprint density at radius 2 is 2.15 bits per heavy atom. The van der Waals surface area contributed by atoms with Crippen LogP contribution in [0.3, 0.4) is 0 Å². The number of hydrogen-bond donors (Lipinski definition) is 1. The van der Waals surface area contributed by atoms with Gasteiger partial charge in [0.1, 0.15) is 0 Å². The highest BCUT2D eigenvalue weighted by molar-refractivity contribution is 14.0. The molecule has 0 saturated heterocycles. The summed E-state index contributed by atoms with van der Waals surface area (Å²) < 4.78 is 0. The fraction of sp³-hybridized carbons (Fsp3) is 0.583. The van der Waals surface area contributed by atoms with Crippen LogP contribution >= 0.6 is 35.3 Å². The maximum Gasteiger partial charge on any atom is 0.241 e. The van der Waals surface area contributed by atoms with E-state index in [9.17, 15) is 4.79 Å². The molecule has 0 unspecified atom stereocenters. The molecule has 0 saturated carbocycles. The average Bonchev–Trinajstić information content (AvgIpc) is 2.89. The van der Waals surface area contributed by atoms with Crippen molar-refractivity contribution in [1.29, 1.82) is 0 Å². The van der Waals surface area contributed by atoms with Crippen LogP contribution in [-0.4, -0.2) is 67.9 Å². The number of nitrogens with zero attached hydrogens (tertiary/aromatic N) is 4. The van der Waals surface area contributed by atoms with Gasteiger partial charge in [0.15, 0.2) is 5.96 Å². The molecule has 0 atom stereocenters. The number of aliphatic imine (C=N–C) groups is 1. The zero-order chi connectivity index (χ0) is 14.3. The van der Waals surface area contributed by atoms with E-state index in [0.29, 0.717) is 5.96 Å². The molecule has 0 fully saturated rings. The topological polar surface area (TPSA) is 60.8 Å². The fourth-order valence-corrected chi connectivity index (χ4v) is 2.05. The quantitative estimate of drug-likeness (QED) is 0.445. The molecule has 1 aromatic heterocycles. The number of halogens is 1. The van der Waals surface area contributed by atoms with Crippen LogP contribution in [0, 0.1) is 0 Å². The van der Waals surface area contributed by atoms with E-state index in [2.05, 4.69) is 15.3 Å². The van der Waals surface area contributed by atoms with Crippen LogP contribution in [0.2, 0.25) is 0 Å². The van der Waals surface area contributed by atoms with Crippen molar-refractivity contribution in [3.05, 3.63) is 16.6 Å². The molecule has 114 valence electrons. The van der Waals surface area contributed by atoms with E-state index in [1.165, 1.54) is 0 Å². The number of hydrogen-bond acceptors (Lipinski definition) is 4. The Bertz CT molecular complexity index is 421. The minimum absolute atomic E-state index is 0. The smallest absolute Gasteiger partial charge is 0.241 e. The Kier molecular flexibility index (Phi) is 9.47. The maximum atomic E-state index is 11.5. The lowest BCUT2D eigenvalue weighted by Gasteiger charge is -2.22. The lowest BCUT2D eigenvalue weighted by molar-refractivity contribution is -0.127. The Hall–Kier alpha value is -0.900. The molecule has 0 spiro atoms. The van der Waals surface area contributed by atoms with E-state index in [4.69, 9.17) is 0 Å². The van der Waals surface area contributed by atoms with Gasteiger partial charge in [0.25, 0.3) is 0 Å². The van der Waals surface area contributed by atoms with Gasteiger partial charge in [-0.1, -0.05) is 0 Å². The first kappa shape index (κ1) is 19.1. The molecule has 1 N–H and O–H groups in total. The van der Waals surface area contributed by atoms with Gasteiger partial charge in [0.05, 0.1) is 11.6 Å². The lowest BCUT2D eigenvalue weighted by atomic mass is 10.4. The molecular weight excluding hydrogens is 389 g/mol. The van der Waals surface area contributed by atoms with Crippen LogP contribution in [0.1, 0.15) is 5.01 Å². The summed E-state index contributed by atoms with van der Waals surface area (Å²) in [6, 6.07) is 0. The number of carbonyl (C=O) groups excluding carboxylic acids is 1. The third kappa shape index (κ3) is 6.51. The van der Waals surface area contributed by atoms with Crippen LogP contribution < -0.4 is 5.32 Å². The van der Waals surface area contributed by atoms with E-state index in [1.807, 2.05) is 23.5 Å². The Balaban J connectivity index is 0.00000361. The summed E-state index contributed by atoms with van der Waals surface area (Å²) >= 11 is 1.65. The van der Waals surface area contributed by atoms with Gasteiger partial charge in [-0.05, 0) is 0 Å². The van der Waals surface area contributed by atoms with Crippen molar-refractivity contribution in [1.82, 2.24) is 20.1 Å². The number of thiazole rings is 1. The molecule has 20 heavy (non-hydrogen) atoms. The molecule has 0 aliphatic carbocycles. The second-order valence-electron chi connectivity index (χ2n) is 4.29. The molecule has 0 aromatic carbocycles. The highest BCUT2D eigenvalue weighted by atomic mass is 127. The number of amides is 1. The monoisotopic (exact) mass is 411 g/mol. The van der Waals surface area contributed by atoms with E-state index in [0.717, 1.165) is 18.0 Å². The SMILES string of the molecule is CN=C(NCC(=O)N(C)C)N(C)CCc1nccs1.I. The van der Waals surface area contributed by atoms with Crippen LogP contribution in [0.15, 0.2) is 16.6 Å². The van der Waals surface area contributed by atoms with Gasteiger partial charge in [-0.3, -0.25) is 9.79 Å². The Morgan fingerprint density at radius 1 is 1.45 bits per heavy atom. The van der Waals surface area contributed by atoms with Crippen molar-refractivity contribution in [3.63, 3.8) is 0 Å². The second kappa shape index (κ2) is 9.92. The fourth-order valence-electron chi connectivity index (χ4n) is 1.44. The standard InChI is InChI=1S/C12H21N5OS.HI/c1-13-12(15-9-11(18)16(2)3)17(4)7-5-10-14-6-8-19-10;/h6,8H,5,7,9H2,1-4H3,(H,13,15);1H. The van der Waals surface area contributed by atoms with Crippen molar-refractivity contribution < 1.29 is 4.79 Å². The zero-order valence-electron chi connectivity index (χ0n) is 12.3. The molecule has 1 heterocycles. The lowest BCUT2D eigenvalue weighted by Crippen LogP contribution is -2.44. The van der Waals surface area contributed by atoms with Crippen LogP contribution in [0.5, 0.6) is 0 Å². The molecule has 6 nitrogen and oxygen atoms in total. The third-order valence-electron chi connectivity index (χ3n) is 2.61. The number of nitrogens with one attached hydrogen (secondary N) is 1. The maximum absolute atomic E-state index is 11.5. The average molecular weight is 411 g/mol. The largest absolute Gasteiger partial charge is 0.347 e. The number of aromatic nitrogens is 1. The van der Waals surface area contributed by atoms with Crippen molar-refractivity contribution in [2.75, 3.05) is 41.3 Å². The first-order valence-electron chi connectivity index (χ1n) is 6.05. The van der Waals surface area contributed by atoms with Crippen LogP contribution in [0.25, 0.3) is 0 Å². The predicted octanol–water partition coefficient (Wildman–Crippen LogP) is 0.899. The zero-order valence-corrected chi connectivity index (χ0v) is 15.4. The van der Waals surface area contributed by atoms with Crippen molar-refractivity contribution in [2.45, 2.75) is 6.42 Å². The minimum Gasteiger partial charge on any atom is -0.347 e. The molecule has 1 amide bonds. The molecule has 0 bridgehead atoms. The molecule has 8 heteroatoms. The van der Waals surface area contributed by atoms with E-state index in [-0.39, 0.29) is 36.4 Å². The molecule has 1 aromatic rings. The summed E-state index contributed by atoms with van der Waals surface area (Å²) in [6.45, 7) is 1.06. The van der Waals surface area contributed by atoms with Crippen LogP contribution in [-0.2, 0) is 11.2 Å². The highest BCUT2D eigenvalue weighted by Gasteiger charge is 2.09. The van der Waals surface area contributed by atoms with Gasteiger partial charge >= 0.3 is 0 Å². The van der Waals surface area contributed by atoms with Gasteiger partial charge in [-0.2, -0.15) is 0 Å². The van der Waals surface area contributed by atoms with Gasteiger partial charge in [0, 0.05) is 52.7 Å². The molecule has 1 rings (SSSR count). The van der Waals surface area contributed by atoms with E-state index >= 15 is 0 Å². The number of rotatable bonds is 5. The van der Waals surface area contributed by atoms with Crippen molar-refractivity contribution in [3.8, 4) is 0 Å². The van der Waals surface area contributed by atoms with Crippen LogP contribution in [0.4, 0.5) is 0 Å². The molecular formula is C12H22IN5OS.